The Bertz CT molecular complexity index is 704. The highest BCUT2D eigenvalue weighted by atomic mass is 16.6. The van der Waals surface area contributed by atoms with Crippen LogP contribution in [0.25, 0.3) is 0 Å². The number of ether oxygens (including phenoxy) is 1. The van der Waals surface area contributed by atoms with Crippen molar-refractivity contribution in [2.45, 2.75) is 51.6 Å². The van der Waals surface area contributed by atoms with Crippen molar-refractivity contribution in [1.29, 1.82) is 0 Å². The van der Waals surface area contributed by atoms with Crippen molar-refractivity contribution in [3.8, 4) is 0 Å². The number of carbonyl (C=O) groups excluding carboxylic acids is 1. The summed E-state index contributed by atoms with van der Waals surface area (Å²) in [5.74, 6) is 0.927. The van der Waals surface area contributed by atoms with Gasteiger partial charge in [-0.3, -0.25) is 9.78 Å². The molecule has 5 atom stereocenters. The molecule has 0 radical (unpaired) electrons. The van der Waals surface area contributed by atoms with E-state index in [1.807, 2.05) is 18.3 Å². The van der Waals surface area contributed by atoms with Gasteiger partial charge in [-0.05, 0) is 62.6 Å². The number of hydrogen-bond acceptors (Lipinski definition) is 4. The molecule has 3 aliphatic rings. The highest BCUT2D eigenvalue weighted by molar-refractivity contribution is 5.75. The number of aromatic nitrogens is 1. The molecule has 2 heterocycles. The fourth-order valence-electron chi connectivity index (χ4n) is 5.74. The van der Waals surface area contributed by atoms with Crippen molar-refractivity contribution >= 4 is 5.97 Å². The van der Waals surface area contributed by atoms with E-state index in [-0.39, 0.29) is 23.4 Å². The van der Waals surface area contributed by atoms with Gasteiger partial charge in [0.05, 0.1) is 5.92 Å². The molecule has 146 valence electrons. The van der Waals surface area contributed by atoms with Crippen LogP contribution >= 0.6 is 0 Å². The largest absolute Gasteiger partial charge is 0.462 e. The van der Waals surface area contributed by atoms with Crippen molar-refractivity contribution in [3.63, 3.8) is 0 Å². The number of likely N-dealkylation sites (N-methyl/N-ethyl adjacent to an activating group) is 1. The summed E-state index contributed by atoms with van der Waals surface area (Å²) < 4.78 is 5.88. The summed E-state index contributed by atoms with van der Waals surface area (Å²) >= 11 is 0. The topological polar surface area (TPSA) is 42.4 Å². The summed E-state index contributed by atoms with van der Waals surface area (Å²) in [6.07, 6.45) is 8.57. The summed E-state index contributed by atoms with van der Waals surface area (Å²) in [6.45, 7) is 8.46. The number of hydrogen-bond donors (Lipinski definition) is 0. The maximum absolute atomic E-state index is 12.7. The van der Waals surface area contributed by atoms with E-state index in [9.17, 15) is 4.79 Å². The van der Waals surface area contributed by atoms with Crippen LogP contribution < -0.4 is 0 Å². The van der Waals surface area contributed by atoms with Gasteiger partial charge in [-0.2, -0.15) is 0 Å². The predicted molar refractivity (Wildman–Crippen MR) is 106 cm³/mol. The van der Waals surface area contributed by atoms with E-state index in [2.05, 4.69) is 36.5 Å². The third-order valence-electron chi connectivity index (χ3n) is 7.30. The number of carbonyl (C=O) groups is 1. The Kier molecular flexibility index (Phi) is 5.11. The minimum absolute atomic E-state index is 0.00279. The standard InChI is InChI=1S/C23H32N2O2/c1-16-7-6-10-23(2)14-21-18(13-20(16)23)19(22(26)27-21)15-25(3)12-9-17-8-4-5-11-24-17/h4-5,8,11,18-21H,1,6-7,9-10,12-15H2,2-3H3/t18-,19-,20-,21-,23-/m1/s1. The van der Waals surface area contributed by atoms with Crippen molar-refractivity contribution < 1.29 is 9.53 Å². The highest BCUT2D eigenvalue weighted by Crippen LogP contribution is 2.56. The quantitative estimate of drug-likeness (QED) is 0.584. The lowest BCUT2D eigenvalue weighted by Gasteiger charge is -2.50. The maximum Gasteiger partial charge on any atom is 0.310 e. The highest BCUT2D eigenvalue weighted by Gasteiger charge is 2.55. The van der Waals surface area contributed by atoms with Crippen molar-refractivity contribution in [2.75, 3.05) is 20.1 Å². The van der Waals surface area contributed by atoms with Gasteiger partial charge in [0, 0.05) is 37.3 Å². The lowest BCUT2D eigenvalue weighted by atomic mass is 9.55. The van der Waals surface area contributed by atoms with Crippen LogP contribution in [0.3, 0.4) is 0 Å². The third-order valence-corrected chi connectivity index (χ3v) is 7.30. The second-order valence-electron chi connectivity index (χ2n) is 9.24. The second-order valence-corrected chi connectivity index (χ2v) is 9.24. The van der Waals surface area contributed by atoms with E-state index in [0.29, 0.717) is 11.8 Å². The summed E-state index contributed by atoms with van der Waals surface area (Å²) in [5.41, 5.74) is 2.78. The number of fused-ring (bicyclic) bond motifs is 2. The van der Waals surface area contributed by atoms with Gasteiger partial charge in [-0.15, -0.1) is 0 Å². The van der Waals surface area contributed by atoms with Gasteiger partial charge in [0.1, 0.15) is 6.10 Å². The SMILES string of the molecule is C=C1CCC[C@]2(C)C[C@H]3OC(=O)[C@H](CN(C)CCc4ccccn4)[C@H]3C[C@H]12. The zero-order valence-corrected chi connectivity index (χ0v) is 16.7. The van der Waals surface area contributed by atoms with E-state index < -0.39 is 0 Å². The van der Waals surface area contributed by atoms with Gasteiger partial charge in [-0.1, -0.05) is 25.1 Å². The molecule has 1 aliphatic heterocycles. The molecule has 1 aromatic heterocycles. The molecule has 1 saturated heterocycles. The number of esters is 1. The van der Waals surface area contributed by atoms with Crippen molar-refractivity contribution in [1.82, 2.24) is 9.88 Å². The minimum Gasteiger partial charge on any atom is -0.462 e. The predicted octanol–water partition coefficient (Wildman–Crippen LogP) is 3.87. The molecule has 3 fully saturated rings. The summed E-state index contributed by atoms with van der Waals surface area (Å²) in [4.78, 5) is 19.3. The second kappa shape index (κ2) is 7.38. The first kappa shape index (κ1) is 18.7. The molecule has 0 amide bonds. The zero-order chi connectivity index (χ0) is 19.0. The number of nitrogens with zero attached hydrogens (tertiary/aromatic N) is 2. The van der Waals surface area contributed by atoms with Crippen LogP contribution in [0.1, 0.15) is 44.7 Å². The molecule has 0 aromatic carbocycles. The molecular weight excluding hydrogens is 336 g/mol. The molecule has 0 N–H and O–H groups in total. The molecule has 0 bridgehead atoms. The molecule has 4 heteroatoms. The Hall–Kier alpha value is -1.68. The average Bonchev–Trinajstić information content (AvgIpc) is 2.93. The third kappa shape index (κ3) is 3.69. The molecule has 4 rings (SSSR count). The molecule has 0 unspecified atom stereocenters. The smallest absolute Gasteiger partial charge is 0.310 e. The Morgan fingerprint density at radius 2 is 2.26 bits per heavy atom. The monoisotopic (exact) mass is 368 g/mol. The Balaban J connectivity index is 1.40. The summed E-state index contributed by atoms with van der Waals surface area (Å²) in [6, 6.07) is 6.03. The van der Waals surface area contributed by atoms with Crippen LogP contribution in [0, 0.1) is 23.2 Å². The van der Waals surface area contributed by atoms with Gasteiger partial charge < -0.3 is 9.64 Å². The van der Waals surface area contributed by atoms with Crippen LogP contribution in [0.4, 0.5) is 0 Å². The van der Waals surface area contributed by atoms with Crippen LogP contribution in [-0.2, 0) is 16.0 Å². The van der Waals surface area contributed by atoms with Gasteiger partial charge in [0.15, 0.2) is 0 Å². The Morgan fingerprint density at radius 1 is 1.41 bits per heavy atom. The molecular formula is C23H32N2O2. The fourth-order valence-corrected chi connectivity index (χ4v) is 5.74. The van der Waals surface area contributed by atoms with Crippen molar-refractivity contribution in [3.05, 3.63) is 42.2 Å². The maximum atomic E-state index is 12.7. The van der Waals surface area contributed by atoms with E-state index in [4.69, 9.17) is 4.74 Å². The molecule has 2 saturated carbocycles. The van der Waals surface area contributed by atoms with E-state index in [1.165, 1.54) is 18.4 Å². The summed E-state index contributed by atoms with van der Waals surface area (Å²) in [5, 5.41) is 0. The minimum atomic E-state index is 0.00279. The van der Waals surface area contributed by atoms with Crippen molar-refractivity contribution in [2.24, 2.45) is 23.2 Å². The number of rotatable bonds is 5. The molecule has 4 nitrogen and oxygen atoms in total. The molecule has 1 aromatic rings. The van der Waals surface area contributed by atoms with Gasteiger partial charge in [0.2, 0.25) is 0 Å². The first-order chi connectivity index (χ1) is 13.0. The molecule has 0 spiro atoms. The summed E-state index contributed by atoms with van der Waals surface area (Å²) in [7, 11) is 2.11. The van der Waals surface area contributed by atoms with E-state index >= 15 is 0 Å². The molecule has 2 aliphatic carbocycles. The Morgan fingerprint density at radius 3 is 3.04 bits per heavy atom. The normalized spacial score (nSPS) is 35.7. The van der Waals surface area contributed by atoms with E-state index in [1.54, 1.807) is 0 Å². The van der Waals surface area contributed by atoms with Crippen LogP contribution in [0.15, 0.2) is 36.5 Å². The van der Waals surface area contributed by atoms with Gasteiger partial charge >= 0.3 is 5.97 Å². The molecule has 27 heavy (non-hydrogen) atoms. The van der Waals surface area contributed by atoms with Crippen LogP contribution in [-0.4, -0.2) is 42.1 Å². The zero-order valence-electron chi connectivity index (χ0n) is 16.7. The Labute approximate surface area is 163 Å². The van der Waals surface area contributed by atoms with E-state index in [0.717, 1.165) is 44.5 Å². The first-order valence-corrected chi connectivity index (χ1v) is 10.4. The average molecular weight is 369 g/mol. The van der Waals surface area contributed by atoms with Gasteiger partial charge in [0.25, 0.3) is 0 Å². The lowest BCUT2D eigenvalue weighted by molar-refractivity contribution is -0.146. The lowest BCUT2D eigenvalue weighted by Crippen LogP contribution is -2.45. The number of pyridine rings is 1. The van der Waals surface area contributed by atoms with Gasteiger partial charge in [-0.25, -0.2) is 0 Å². The van der Waals surface area contributed by atoms with Crippen LogP contribution in [0.5, 0.6) is 0 Å². The first-order valence-electron chi connectivity index (χ1n) is 10.4. The number of allylic oxidation sites excluding steroid dienone is 1. The van der Waals surface area contributed by atoms with Crippen LogP contribution in [0.2, 0.25) is 0 Å². The fraction of sp³-hybridized carbons (Fsp3) is 0.652.